The largest absolute Gasteiger partial charge is 0.496 e. The van der Waals surface area contributed by atoms with E-state index >= 15 is 0 Å². The van der Waals surface area contributed by atoms with Crippen LogP contribution in [-0.4, -0.2) is 14.2 Å². The molecule has 0 radical (unpaired) electrons. The van der Waals surface area contributed by atoms with E-state index in [1.54, 1.807) is 7.11 Å². The first-order valence-corrected chi connectivity index (χ1v) is 4.37. The van der Waals surface area contributed by atoms with E-state index in [2.05, 4.69) is 27.9 Å². The number of rotatable bonds is 2. The molecule has 11 heavy (non-hydrogen) atoms. The van der Waals surface area contributed by atoms with E-state index in [1.165, 1.54) is 0 Å². The summed E-state index contributed by atoms with van der Waals surface area (Å²) in [6.45, 7) is 0. The summed E-state index contributed by atoms with van der Waals surface area (Å²) in [7, 11) is 3.58. The van der Waals surface area contributed by atoms with Crippen molar-refractivity contribution >= 4 is 28.3 Å². The molecule has 1 aromatic rings. The molecule has 1 aromatic carbocycles. The molecular weight excluding hydrogens is 253 g/mol. The van der Waals surface area contributed by atoms with Crippen LogP contribution in [0.25, 0.3) is 0 Å². The average molecular weight is 263 g/mol. The zero-order valence-corrected chi connectivity index (χ0v) is 8.68. The van der Waals surface area contributed by atoms with Crippen LogP contribution < -0.4 is 10.1 Å². The molecule has 1 rings (SSSR count). The summed E-state index contributed by atoms with van der Waals surface area (Å²) in [5.74, 6) is 0.921. The highest BCUT2D eigenvalue weighted by atomic mass is 127. The molecule has 0 saturated heterocycles. The van der Waals surface area contributed by atoms with Crippen molar-refractivity contribution in [2.75, 3.05) is 19.5 Å². The van der Waals surface area contributed by atoms with E-state index in [-0.39, 0.29) is 0 Å². The van der Waals surface area contributed by atoms with Crippen LogP contribution in [0.15, 0.2) is 18.2 Å². The van der Waals surface area contributed by atoms with E-state index in [1.807, 2.05) is 25.2 Å². The fraction of sp³-hybridized carbons (Fsp3) is 0.250. The molecule has 0 bridgehead atoms. The summed E-state index contributed by atoms with van der Waals surface area (Å²) in [5.41, 5.74) is 1.11. The molecule has 0 saturated carbocycles. The predicted octanol–water partition coefficient (Wildman–Crippen LogP) is 2.34. The van der Waals surface area contributed by atoms with E-state index < -0.39 is 0 Å². The van der Waals surface area contributed by atoms with Gasteiger partial charge in [0.1, 0.15) is 5.75 Å². The number of anilines is 1. The van der Waals surface area contributed by atoms with Crippen molar-refractivity contribution < 1.29 is 4.74 Å². The Kier molecular flexibility index (Phi) is 2.99. The number of ether oxygens (including phenoxy) is 1. The highest BCUT2D eigenvalue weighted by molar-refractivity contribution is 14.1. The Morgan fingerprint density at radius 1 is 1.45 bits per heavy atom. The van der Waals surface area contributed by atoms with Gasteiger partial charge in [-0.05, 0) is 40.8 Å². The minimum absolute atomic E-state index is 0.921. The summed E-state index contributed by atoms with van der Waals surface area (Å²) in [5, 5.41) is 3.06. The Labute approximate surface area is 80.1 Å². The maximum absolute atomic E-state index is 5.11. The molecule has 0 fully saturated rings. The van der Waals surface area contributed by atoms with Crippen LogP contribution in [0.3, 0.4) is 0 Å². The molecule has 0 unspecified atom stereocenters. The first-order chi connectivity index (χ1) is 5.27. The summed E-state index contributed by atoms with van der Waals surface area (Å²) >= 11 is 2.24. The first-order valence-electron chi connectivity index (χ1n) is 3.29. The molecular formula is C8H10INO. The summed E-state index contributed by atoms with van der Waals surface area (Å²) in [6, 6.07) is 5.98. The Morgan fingerprint density at radius 3 is 2.64 bits per heavy atom. The Hall–Kier alpha value is -0.450. The van der Waals surface area contributed by atoms with Gasteiger partial charge in [-0.2, -0.15) is 0 Å². The Balaban J connectivity index is 2.99. The molecule has 1 N–H and O–H groups in total. The second-order valence-electron chi connectivity index (χ2n) is 2.10. The van der Waals surface area contributed by atoms with Gasteiger partial charge in [-0.15, -0.1) is 0 Å². The fourth-order valence-electron chi connectivity index (χ4n) is 0.822. The molecule has 0 aliphatic rings. The minimum atomic E-state index is 0.921. The highest BCUT2D eigenvalue weighted by Crippen LogP contribution is 2.23. The molecule has 0 amide bonds. The van der Waals surface area contributed by atoms with Crippen molar-refractivity contribution in [2.24, 2.45) is 0 Å². The van der Waals surface area contributed by atoms with Crippen molar-refractivity contribution in [3.63, 3.8) is 0 Å². The predicted molar refractivity (Wildman–Crippen MR) is 55.3 cm³/mol. The number of methoxy groups -OCH3 is 1. The van der Waals surface area contributed by atoms with Crippen molar-refractivity contribution in [1.29, 1.82) is 0 Å². The van der Waals surface area contributed by atoms with E-state index in [9.17, 15) is 0 Å². The zero-order chi connectivity index (χ0) is 8.27. The third kappa shape index (κ3) is 1.99. The highest BCUT2D eigenvalue weighted by Gasteiger charge is 1.98. The number of nitrogens with one attached hydrogen (secondary N) is 1. The van der Waals surface area contributed by atoms with Crippen LogP contribution in [0, 0.1) is 3.57 Å². The van der Waals surface area contributed by atoms with Crippen LogP contribution in [0.1, 0.15) is 0 Å². The third-order valence-corrected chi connectivity index (χ3v) is 2.28. The van der Waals surface area contributed by atoms with E-state index in [4.69, 9.17) is 4.74 Å². The van der Waals surface area contributed by atoms with Crippen LogP contribution in [0.4, 0.5) is 5.69 Å². The smallest absolute Gasteiger partial charge is 0.132 e. The molecule has 0 heterocycles. The molecule has 2 nitrogen and oxygen atoms in total. The van der Waals surface area contributed by atoms with Crippen molar-refractivity contribution in [1.82, 2.24) is 0 Å². The average Bonchev–Trinajstić information content (AvgIpc) is 2.04. The van der Waals surface area contributed by atoms with Gasteiger partial charge in [0, 0.05) is 12.7 Å². The molecule has 0 atom stereocenters. The van der Waals surface area contributed by atoms with Gasteiger partial charge in [-0.1, -0.05) is 0 Å². The normalized spacial score (nSPS) is 9.36. The fourth-order valence-corrected chi connectivity index (χ4v) is 1.56. The van der Waals surface area contributed by atoms with Gasteiger partial charge >= 0.3 is 0 Å². The maximum Gasteiger partial charge on any atom is 0.132 e. The van der Waals surface area contributed by atoms with Gasteiger partial charge in [-0.25, -0.2) is 0 Å². The second-order valence-corrected chi connectivity index (χ2v) is 3.26. The van der Waals surface area contributed by atoms with Gasteiger partial charge in [0.05, 0.1) is 10.7 Å². The Bertz CT molecular complexity index is 250. The van der Waals surface area contributed by atoms with E-state index in [0.717, 1.165) is 15.0 Å². The second kappa shape index (κ2) is 3.80. The first kappa shape index (κ1) is 8.64. The molecule has 0 spiro atoms. The summed E-state index contributed by atoms with van der Waals surface area (Å²) in [6.07, 6.45) is 0. The number of hydrogen-bond donors (Lipinski definition) is 1. The summed E-state index contributed by atoms with van der Waals surface area (Å²) in [4.78, 5) is 0. The molecule has 3 heteroatoms. The Morgan fingerprint density at radius 2 is 2.18 bits per heavy atom. The quantitative estimate of drug-likeness (QED) is 0.827. The van der Waals surface area contributed by atoms with Gasteiger partial charge in [0.25, 0.3) is 0 Å². The van der Waals surface area contributed by atoms with Gasteiger partial charge in [0.2, 0.25) is 0 Å². The van der Waals surface area contributed by atoms with Crippen LogP contribution in [0.2, 0.25) is 0 Å². The number of hydrogen-bond acceptors (Lipinski definition) is 2. The topological polar surface area (TPSA) is 21.3 Å². The van der Waals surface area contributed by atoms with Crippen LogP contribution in [-0.2, 0) is 0 Å². The lowest BCUT2D eigenvalue weighted by molar-refractivity contribution is 0.412. The van der Waals surface area contributed by atoms with Gasteiger partial charge < -0.3 is 10.1 Å². The zero-order valence-electron chi connectivity index (χ0n) is 6.52. The maximum atomic E-state index is 5.11. The molecule has 0 aliphatic heterocycles. The number of benzene rings is 1. The molecule has 0 aromatic heterocycles. The summed E-state index contributed by atoms with van der Waals surface area (Å²) < 4.78 is 6.23. The van der Waals surface area contributed by atoms with Crippen molar-refractivity contribution in [3.05, 3.63) is 21.8 Å². The van der Waals surface area contributed by atoms with Gasteiger partial charge in [-0.3, -0.25) is 0 Å². The standard InChI is InChI=1S/C8H10INO/c1-10-6-3-4-8(11-2)7(9)5-6/h3-5,10H,1-2H3. The van der Waals surface area contributed by atoms with Crippen LogP contribution in [0.5, 0.6) is 5.75 Å². The monoisotopic (exact) mass is 263 g/mol. The lowest BCUT2D eigenvalue weighted by Gasteiger charge is -2.04. The lowest BCUT2D eigenvalue weighted by atomic mass is 10.3. The van der Waals surface area contributed by atoms with Crippen molar-refractivity contribution in [3.8, 4) is 5.75 Å². The van der Waals surface area contributed by atoms with Crippen molar-refractivity contribution in [2.45, 2.75) is 0 Å². The van der Waals surface area contributed by atoms with E-state index in [0.29, 0.717) is 0 Å². The lowest BCUT2D eigenvalue weighted by Crippen LogP contribution is -1.91. The minimum Gasteiger partial charge on any atom is -0.496 e. The van der Waals surface area contributed by atoms with Crippen LogP contribution >= 0.6 is 22.6 Å². The molecule has 60 valence electrons. The van der Waals surface area contributed by atoms with Gasteiger partial charge in [0.15, 0.2) is 0 Å². The SMILES string of the molecule is CNc1ccc(OC)c(I)c1. The molecule has 0 aliphatic carbocycles. The number of halogens is 1. The third-order valence-electron chi connectivity index (χ3n) is 1.44.